The molecule has 0 atom stereocenters. The number of anilines is 2. The van der Waals surface area contributed by atoms with Gasteiger partial charge in [-0.2, -0.15) is 5.10 Å². The van der Waals surface area contributed by atoms with E-state index in [4.69, 9.17) is 14.8 Å². The van der Waals surface area contributed by atoms with Crippen LogP contribution in [0.4, 0.5) is 16.0 Å². The maximum Gasteiger partial charge on any atom is 0.223 e. The number of hydrogen-bond donors (Lipinski definition) is 2. The lowest BCUT2D eigenvalue weighted by atomic mass is 10.0. The monoisotopic (exact) mass is 446 g/mol. The second-order valence-corrected chi connectivity index (χ2v) is 8.29. The van der Waals surface area contributed by atoms with Crippen molar-refractivity contribution < 1.29 is 9.13 Å². The van der Waals surface area contributed by atoms with Crippen LogP contribution in [-0.4, -0.2) is 45.9 Å². The number of nitrogens with zero attached hydrogens (tertiary/aromatic N) is 4. The van der Waals surface area contributed by atoms with Gasteiger partial charge < -0.3 is 15.4 Å². The van der Waals surface area contributed by atoms with Crippen LogP contribution in [0.3, 0.4) is 0 Å². The Morgan fingerprint density at radius 3 is 2.73 bits per heavy atom. The van der Waals surface area contributed by atoms with Crippen LogP contribution in [-0.2, 0) is 4.74 Å². The molecule has 0 saturated heterocycles. The highest BCUT2D eigenvalue weighted by atomic mass is 19.1. The molecule has 1 aliphatic carbocycles. The zero-order valence-corrected chi connectivity index (χ0v) is 18.6. The first-order chi connectivity index (χ1) is 16.2. The number of nitrogens with one attached hydrogen (secondary N) is 2. The summed E-state index contributed by atoms with van der Waals surface area (Å²) in [5.74, 6) is 0.344. The van der Waals surface area contributed by atoms with Gasteiger partial charge in [0.15, 0.2) is 0 Å². The number of fused-ring (bicyclic) bond motifs is 1. The fraction of sp³-hybridized carbons (Fsp3) is 0.320. The van der Waals surface area contributed by atoms with E-state index in [0.29, 0.717) is 25.1 Å². The molecule has 5 rings (SSSR count). The topological polar surface area (TPSA) is 76.4 Å². The number of rotatable bonds is 8. The number of benzene rings is 1. The first kappa shape index (κ1) is 21.3. The van der Waals surface area contributed by atoms with Crippen molar-refractivity contribution in [1.29, 1.82) is 0 Å². The molecule has 0 aliphatic heterocycles. The predicted molar refractivity (Wildman–Crippen MR) is 128 cm³/mol. The van der Waals surface area contributed by atoms with E-state index in [-0.39, 0.29) is 5.82 Å². The van der Waals surface area contributed by atoms with Crippen molar-refractivity contribution in [1.82, 2.24) is 19.6 Å². The van der Waals surface area contributed by atoms with Gasteiger partial charge in [0.1, 0.15) is 11.5 Å². The lowest BCUT2D eigenvalue weighted by Gasteiger charge is -2.12. The van der Waals surface area contributed by atoms with E-state index in [1.165, 1.54) is 25.0 Å². The minimum absolute atomic E-state index is 0.279. The van der Waals surface area contributed by atoms with Crippen molar-refractivity contribution in [2.45, 2.75) is 31.7 Å². The Kier molecular flexibility index (Phi) is 6.17. The van der Waals surface area contributed by atoms with Crippen LogP contribution in [0.25, 0.3) is 28.0 Å². The quantitative estimate of drug-likeness (QED) is 0.371. The minimum atomic E-state index is -0.279. The average molecular weight is 447 g/mol. The molecular weight excluding hydrogens is 419 g/mol. The smallest absolute Gasteiger partial charge is 0.223 e. The van der Waals surface area contributed by atoms with Gasteiger partial charge in [-0.25, -0.2) is 18.9 Å². The van der Waals surface area contributed by atoms with Crippen molar-refractivity contribution in [3.8, 4) is 22.5 Å². The molecule has 3 aromatic heterocycles. The molecule has 1 aromatic carbocycles. The van der Waals surface area contributed by atoms with Gasteiger partial charge >= 0.3 is 0 Å². The molecular formula is C25H27FN6O. The first-order valence-corrected chi connectivity index (χ1v) is 11.3. The summed E-state index contributed by atoms with van der Waals surface area (Å²) in [6, 6.07) is 12.7. The van der Waals surface area contributed by atoms with Gasteiger partial charge in [0.05, 0.1) is 23.4 Å². The molecule has 170 valence electrons. The van der Waals surface area contributed by atoms with Crippen LogP contribution in [0, 0.1) is 5.82 Å². The van der Waals surface area contributed by atoms with E-state index in [1.54, 1.807) is 25.4 Å². The Morgan fingerprint density at radius 2 is 1.94 bits per heavy atom. The third-order valence-electron chi connectivity index (χ3n) is 5.99. The van der Waals surface area contributed by atoms with Crippen molar-refractivity contribution in [2.24, 2.45) is 0 Å². The summed E-state index contributed by atoms with van der Waals surface area (Å²) in [6.45, 7) is 1.31. The summed E-state index contributed by atoms with van der Waals surface area (Å²) in [4.78, 5) is 9.30. The van der Waals surface area contributed by atoms with Crippen LogP contribution >= 0.6 is 0 Å². The number of methoxy groups -OCH3 is 1. The number of ether oxygens (including phenoxy) is 1. The highest BCUT2D eigenvalue weighted by Crippen LogP contribution is 2.35. The van der Waals surface area contributed by atoms with E-state index in [9.17, 15) is 4.39 Å². The van der Waals surface area contributed by atoms with Gasteiger partial charge in [-0.1, -0.05) is 12.8 Å². The number of halogens is 1. The van der Waals surface area contributed by atoms with E-state index in [1.807, 2.05) is 22.8 Å². The van der Waals surface area contributed by atoms with E-state index < -0.39 is 0 Å². The minimum Gasteiger partial charge on any atom is -0.383 e. The maximum atomic E-state index is 13.6. The van der Waals surface area contributed by atoms with Gasteiger partial charge in [0, 0.05) is 43.3 Å². The van der Waals surface area contributed by atoms with Gasteiger partial charge in [-0.05, 0) is 55.3 Å². The fourth-order valence-electron chi connectivity index (χ4n) is 4.34. The summed E-state index contributed by atoms with van der Waals surface area (Å²) in [5, 5.41) is 11.7. The van der Waals surface area contributed by atoms with Gasteiger partial charge in [-0.3, -0.25) is 0 Å². The first-order valence-electron chi connectivity index (χ1n) is 11.3. The second kappa shape index (κ2) is 9.54. The molecule has 33 heavy (non-hydrogen) atoms. The Balaban J connectivity index is 1.60. The van der Waals surface area contributed by atoms with Crippen LogP contribution in [0.15, 0.2) is 54.9 Å². The maximum absolute atomic E-state index is 13.6. The molecule has 0 radical (unpaired) electrons. The molecule has 7 nitrogen and oxygen atoms in total. The summed E-state index contributed by atoms with van der Waals surface area (Å²) in [6.07, 6.45) is 8.44. The van der Waals surface area contributed by atoms with Gasteiger partial charge in [-0.15, -0.1) is 0 Å². The molecule has 8 heteroatoms. The molecule has 0 bridgehead atoms. The zero-order valence-electron chi connectivity index (χ0n) is 18.6. The van der Waals surface area contributed by atoms with Crippen molar-refractivity contribution in [3.05, 3.63) is 60.7 Å². The second-order valence-electron chi connectivity index (χ2n) is 8.29. The molecule has 1 saturated carbocycles. The van der Waals surface area contributed by atoms with E-state index in [0.717, 1.165) is 46.6 Å². The Morgan fingerprint density at radius 1 is 1.12 bits per heavy atom. The molecule has 4 aromatic rings. The molecule has 2 N–H and O–H groups in total. The molecule has 3 heterocycles. The van der Waals surface area contributed by atoms with Crippen molar-refractivity contribution >= 4 is 17.2 Å². The predicted octanol–water partition coefficient (Wildman–Crippen LogP) is 5.01. The van der Waals surface area contributed by atoms with Crippen molar-refractivity contribution in [3.63, 3.8) is 0 Å². The summed E-state index contributed by atoms with van der Waals surface area (Å²) in [5.41, 5.74) is 5.09. The number of pyridine rings is 1. The largest absolute Gasteiger partial charge is 0.383 e. The summed E-state index contributed by atoms with van der Waals surface area (Å²) in [7, 11) is 1.68. The Hall–Kier alpha value is -3.52. The lowest BCUT2D eigenvalue weighted by Crippen LogP contribution is -2.16. The van der Waals surface area contributed by atoms with Gasteiger partial charge in [0.2, 0.25) is 5.95 Å². The SMILES string of the molecule is COCCNc1ccn2nc(-c3ccc(F)cc3)c(-c3ccnc(NC4CCCC4)n3)c2c1. The molecule has 0 unspecified atom stereocenters. The lowest BCUT2D eigenvalue weighted by molar-refractivity contribution is 0.211. The average Bonchev–Trinajstić information content (AvgIpc) is 3.47. The third-order valence-corrected chi connectivity index (χ3v) is 5.99. The van der Waals surface area contributed by atoms with Crippen LogP contribution < -0.4 is 10.6 Å². The molecule has 1 aliphatic rings. The number of hydrogen-bond acceptors (Lipinski definition) is 6. The molecule has 0 amide bonds. The third kappa shape index (κ3) is 4.66. The van der Waals surface area contributed by atoms with E-state index in [2.05, 4.69) is 21.7 Å². The number of aromatic nitrogens is 4. The van der Waals surface area contributed by atoms with Crippen molar-refractivity contribution in [2.75, 3.05) is 30.9 Å². The zero-order chi connectivity index (χ0) is 22.6. The van der Waals surface area contributed by atoms with Gasteiger partial charge in [0.25, 0.3) is 0 Å². The van der Waals surface area contributed by atoms with Crippen LogP contribution in [0.2, 0.25) is 0 Å². The Labute approximate surface area is 192 Å². The molecule has 1 fully saturated rings. The standard InChI is InChI=1S/C25H27FN6O/c1-33-15-13-27-20-11-14-32-22(16-20)23(24(31-32)17-6-8-18(26)9-7-17)21-10-12-28-25(30-21)29-19-4-2-3-5-19/h6-12,14,16,19,27H,2-5,13,15H2,1H3,(H,28,29,30). The van der Waals surface area contributed by atoms with E-state index >= 15 is 0 Å². The molecule has 0 spiro atoms. The highest BCUT2D eigenvalue weighted by Gasteiger charge is 2.20. The summed E-state index contributed by atoms with van der Waals surface area (Å²) < 4.78 is 20.6. The van der Waals surface area contributed by atoms with Crippen LogP contribution in [0.5, 0.6) is 0 Å². The highest BCUT2D eigenvalue weighted by molar-refractivity contribution is 5.92. The Bertz CT molecular complexity index is 1230. The fourth-order valence-corrected chi connectivity index (χ4v) is 4.34. The van der Waals surface area contributed by atoms with Crippen LogP contribution in [0.1, 0.15) is 25.7 Å². The summed E-state index contributed by atoms with van der Waals surface area (Å²) >= 11 is 0. The normalized spacial score (nSPS) is 14.1.